The van der Waals surface area contributed by atoms with Crippen molar-refractivity contribution in [3.8, 4) is 0 Å². The predicted octanol–water partition coefficient (Wildman–Crippen LogP) is 8.06. The van der Waals surface area contributed by atoms with Crippen LogP contribution >= 0.6 is 0 Å². The van der Waals surface area contributed by atoms with Gasteiger partial charge in [-0.25, -0.2) is 0 Å². The first-order valence-corrected chi connectivity index (χ1v) is 17.1. The van der Waals surface area contributed by atoms with E-state index >= 15 is 0 Å². The van der Waals surface area contributed by atoms with E-state index in [1.54, 1.807) is 6.08 Å². The van der Waals surface area contributed by atoms with Crippen LogP contribution in [0.1, 0.15) is 149 Å². The molecule has 0 fully saturated rings. The maximum absolute atomic E-state index is 12.3. The molecule has 2 atom stereocenters. The third kappa shape index (κ3) is 26.4. The van der Waals surface area contributed by atoms with E-state index in [-0.39, 0.29) is 12.3 Å². The molecule has 6 nitrogen and oxygen atoms in total. The lowest BCUT2D eigenvalue weighted by atomic mass is 10.0. The van der Waals surface area contributed by atoms with Crippen LogP contribution < -0.4 is 5.32 Å². The molecular formula is C31H59NO5S. The average molecular weight is 558 g/mol. The summed E-state index contributed by atoms with van der Waals surface area (Å²) in [4.78, 5) is 12.3. The van der Waals surface area contributed by atoms with Gasteiger partial charge >= 0.3 is 0 Å². The van der Waals surface area contributed by atoms with Gasteiger partial charge in [0.2, 0.25) is 5.91 Å². The van der Waals surface area contributed by atoms with Crippen molar-refractivity contribution in [2.24, 2.45) is 0 Å². The number of amides is 1. The summed E-state index contributed by atoms with van der Waals surface area (Å²) in [6.45, 7) is 4.41. The molecule has 0 bridgehead atoms. The fraction of sp³-hybridized carbons (Fsp3) is 0.839. The van der Waals surface area contributed by atoms with Crippen molar-refractivity contribution in [3.05, 3.63) is 24.3 Å². The molecule has 7 heteroatoms. The summed E-state index contributed by atoms with van der Waals surface area (Å²) in [5, 5.41) is 13.1. The summed E-state index contributed by atoms with van der Waals surface area (Å²) in [6.07, 6.45) is 30.2. The molecule has 0 aromatic carbocycles. The molecule has 0 saturated heterocycles. The number of carbonyl (C=O) groups excluding carboxylic acids is 1. The second-order valence-electron chi connectivity index (χ2n) is 10.7. The second kappa shape index (κ2) is 26.1. The molecular weight excluding hydrogens is 498 g/mol. The summed E-state index contributed by atoms with van der Waals surface area (Å²) >= 11 is 0. The highest BCUT2D eigenvalue weighted by molar-refractivity contribution is 7.85. The highest BCUT2D eigenvalue weighted by Crippen LogP contribution is 2.13. The van der Waals surface area contributed by atoms with E-state index in [0.29, 0.717) is 0 Å². The van der Waals surface area contributed by atoms with Gasteiger partial charge in [-0.1, -0.05) is 128 Å². The molecule has 0 aliphatic rings. The number of nitrogens with one attached hydrogen (secondary N) is 1. The Kier molecular flexibility index (Phi) is 25.3. The topological polar surface area (TPSA) is 104 Å². The van der Waals surface area contributed by atoms with Crippen LogP contribution in [-0.2, 0) is 14.9 Å². The van der Waals surface area contributed by atoms with Gasteiger partial charge in [0.15, 0.2) is 0 Å². The lowest BCUT2D eigenvalue weighted by molar-refractivity contribution is -0.122. The molecule has 38 heavy (non-hydrogen) atoms. The van der Waals surface area contributed by atoms with E-state index in [4.69, 9.17) is 0 Å². The maximum Gasteiger partial charge on any atom is 0.267 e. The normalized spacial score (nSPS) is 13.9. The standard InChI is InChI=1S/C31H59NO5S/c1-3-5-7-9-11-13-15-16-17-18-20-22-24-26-30(33)29(28-38(35,36)37)32-31(34)27-25-23-21-19-14-12-10-8-6-4-2/h8,10,24,26,29-30,33H,3-7,9,11-23,25,27-28H2,1-2H3,(H,32,34)(H,35,36,37)/b10-8-,26-24+. The van der Waals surface area contributed by atoms with E-state index < -0.39 is 28.0 Å². The van der Waals surface area contributed by atoms with Crippen molar-refractivity contribution >= 4 is 16.0 Å². The molecule has 0 rings (SSSR count). The van der Waals surface area contributed by atoms with E-state index in [1.807, 2.05) is 6.08 Å². The SMILES string of the molecule is CCC/C=C\CCCCCCCC(=O)NC(CS(=O)(=O)O)C(O)/C=C/CCCCCCCCCCCCC. The quantitative estimate of drug-likeness (QED) is 0.0538. The minimum atomic E-state index is -4.33. The Morgan fingerprint density at radius 1 is 0.684 bits per heavy atom. The number of carbonyl (C=O) groups is 1. The van der Waals surface area contributed by atoms with Gasteiger partial charge in [0.25, 0.3) is 10.1 Å². The number of unbranched alkanes of at least 4 members (excludes halogenated alkanes) is 17. The summed E-state index contributed by atoms with van der Waals surface area (Å²) in [7, 11) is -4.33. The van der Waals surface area contributed by atoms with Gasteiger partial charge in [-0.15, -0.1) is 0 Å². The van der Waals surface area contributed by atoms with Gasteiger partial charge in [0.05, 0.1) is 17.9 Å². The predicted molar refractivity (Wildman–Crippen MR) is 161 cm³/mol. The van der Waals surface area contributed by atoms with E-state index in [9.17, 15) is 22.9 Å². The van der Waals surface area contributed by atoms with Crippen LogP contribution in [0, 0.1) is 0 Å². The van der Waals surface area contributed by atoms with Crippen molar-refractivity contribution < 1.29 is 22.9 Å². The molecule has 0 aliphatic carbocycles. The van der Waals surface area contributed by atoms with Crippen LogP contribution in [0.5, 0.6) is 0 Å². The Morgan fingerprint density at radius 3 is 1.68 bits per heavy atom. The summed E-state index contributed by atoms with van der Waals surface area (Å²) in [5.74, 6) is -0.993. The Balaban J connectivity index is 4.11. The van der Waals surface area contributed by atoms with Gasteiger partial charge in [-0.05, 0) is 38.5 Å². The van der Waals surface area contributed by atoms with Crippen LogP contribution in [0.15, 0.2) is 24.3 Å². The molecule has 2 unspecified atom stereocenters. The number of aliphatic hydroxyl groups excluding tert-OH is 1. The molecule has 224 valence electrons. The van der Waals surface area contributed by atoms with Crippen LogP contribution in [0.25, 0.3) is 0 Å². The molecule has 0 aromatic rings. The van der Waals surface area contributed by atoms with E-state index in [1.165, 1.54) is 64.2 Å². The Labute approximate surface area is 234 Å². The maximum atomic E-state index is 12.3. The lowest BCUT2D eigenvalue weighted by Crippen LogP contribution is -2.46. The number of allylic oxidation sites excluding steroid dienone is 3. The Morgan fingerprint density at radius 2 is 1.16 bits per heavy atom. The first-order chi connectivity index (χ1) is 18.3. The van der Waals surface area contributed by atoms with Crippen molar-refractivity contribution in [2.75, 3.05) is 5.75 Å². The molecule has 1 amide bonds. The third-order valence-corrected chi connectivity index (χ3v) is 7.63. The van der Waals surface area contributed by atoms with Crippen LogP contribution in [0.3, 0.4) is 0 Å². The number of aliphatic hydroxyl groups is 1. The monoisotopic (exact) mass is 557 g/mol. The highest BCUT2D eigenvalue weighted by Gasteiger charge is 2.24. The zero-order chi connectivity index (χ0) is 28.3. The molecule has 0 aliphatic heterocycles. The van der Waals surface area contributed by atoms with Crippen LogP contribution in [0.2, 0.25) is 0 Å². The van der Waals surface area contributed by atoms with Crippen LogP contribution in [0.4, 0.5) is 0 Å². The summed E-state index contributed by atoms with van der Waals surface area (Å²) in [6, 6.07) is -1.05. The van der Waals surface area contributed by atoms with Crippen molar-refractivity contribution in [3.63, 3.8) is 0 Å². The molecule has 0 spiro atoms. The Bertz CT molecular complexity index is 705. The molecule has 0 aromatic heterocycles. The van der Waals surface area contributed by atoms with Crippen molar-refractivity contribution in [2.45, 2.75) is 161 Å². The van der Waals surface area contributed by atoms with Gasteiger partial charge in [0, 0.05) is 6.42 Å². The van der Waals surface area contributed by atoms with Crippen molar-refractivity contribution in [1.29, 1.82) is 0 Å². The molecule has 3 N–H and O–H groups in total. The van der Waals surface area contributed by atoms with E-state index in [2.05, 4.69) is 31.3 Å². The van der Waals surface area contributed by atoms with Gasteiger partial charge in [-0.3, -0.25) is 9.35 Å². The minimum absolute atomic E-state index is 0.285. The molecule has 0 heterocycles. The number of hydrogen-bond donors (Lipinski definition) is 3. The zero-order valence-corrected chi connectivity index (χ0v) is 25.4. The fourth-order valence-electron chi connectivity index (χ4n) is 4.51. The van der Waals surface area contributed by atoms with Crippen molar-refractivity contribution in [1.82, 2.24) is 5.32 Å². The highest BCUT2D eigenvalue weighted by atomic mass is 32.2. The van der Waals surface area contributed by atoms with Gasteiger partial charge < -0.3 is 10.4 Å². The minimum Gasteiger partial charge on any atom is -0.387 e. The first kappa shape index (κ1) is 36.8. The fourth-order valence-corrected chi connectivity index (χ4v) is 5.24. The summed E-state index contributed by atoms with van der Waals surface area (Å²) < 4.78 is 32.1. The number of hydrogen-bond acceptors (Lipinski definition) is 4. The second-order valence-corrected chi connectivity index (χ2v) is 12.2. The molecule has 0 radical (unpaired) electrons. The Hall–Kier alpha value is -1.18. The average Bonchev–Trinajstić information content (AvgIpc) is 2.86. The number of rotatable bonds is 27. The zero-order valence-electron chi connectivity index (χ0n) is 24.5. The lowest BCUT2D eigenvalue weighted by Gasteiger charge is -2.21. The molecule has 0 saturated carbocycles. The first-order valence-electron chi connectivity index (χ1n) is 15.5. The van der Waals surface area contributed by atoms with Crippen LogP contribution in [-0.4, -0.2) is 41.9 Å². The van der Waals surface area contributed by atoms with Gasteiger partial charge in [0.1, 0.15) is 0 Å². The van der Waals surface area contributed by atoms with Gasteiger partial charge in [-0.2, -0.15) is 8.42 Å². The third-order valence-electron chi connectivity index (χ3n) is 6.85. The summed E-state index contributed by atoms with van der Waals surface area (Å²) in [5.41, 5.74) is 0. The van der Waals surface area contributed by atoms with E-state index in [0.717, 1.165) is 64.2 Å². The smallest absolute Gasteiger partial charge is 0.267 e. The largest absolute Gasteiger partial charge is 0.387 e.